The quantitative estimate of drug-likeness (QED) is 0.816. The van der Waals surface area contributed by atoms with Crippen molar-refractivity contribution in [3.8, 4) is 0 Å². The van der Waals surface area contributed by atoms with E-state index in [4.69, 9.17) is 4.74 Å². The second-order valence-corrected chi connectivity index (χ2v) is 4.86. The van der Waals surface area contributed by atoms with Crippen LogP contribution in [-0.2, 0) is 4.74 Å². The Morgan fingerprint density at radius 3 is 2.86 bits per heavy atom. The van der Waals surface area contributed by atoms with Crippen LogP contribution in [0.15, 0.2) is 11.6 Å². The highest BCUT2D eigenvalue weighted by Gasteiger charge is 2.18. The maximum Gasteiger partial charge on any atom is 0.109 e. The summed E-state index contributed by atoms with van der Waals surface area (Å²) in [6.45, 7) is 7.07. The van der Waals surface area contributed by atoms with Crippen LogP contribution in [0.1, 0.15) is 31.8 Å². The van der Waals surface area contributed by atoms with Crippen molar-refractivity contribution >= 4 is 11.3 Å². The summed E-state index contributed by atoms with van der Waals surface area (Å²) in [6.07, 6.45) is 1.83. The average Bonchev–Trinajstić information content (AvgIpc) is 2.67. The van der Waals surface area contributed by atoms with E-state index in [2.05, 4.69) is 31.1 Å². The van der Waals surface area contributed by atoms with Crippen LogP contribution >= 0.6 is 11.3 Å². The molecule has 0 aliphatic rings. The molecule has 0 aliphatic carbocycles. The van der Waals surface area contributed by atoms with Crippen molar-refractivity contribution in [3.05, 3.63) is 16.6 Å². The molecule has 1 heterocycles. The van der Waals surface area contributed by atoms with Gasteiger partial charge in [0.15, 0.2) is 0 Å². The molecule has 0 bridgehead atoms. The summed E-state index contributed by atoms with van der Waals surface area (Å²) in [5.74, 6) is 0. The van der Waals surface area contributed by atoms with Crippen LogP contribution in [0.4, 0.5) is 0 Å². The summed E-state index contributed by atoms with van der Waals surface area (Å²) in [7, 11) is 1.73. The lowest BCUT2D eigenvalue weighted by atomic mass is 10.1. The fourth-order valence-corrected chi connectivity index (χ4v) is 1.68. The van der Waals surface area contributed by atoms with Crippen molar-refractivity contribution in [3.63, 3.8) is 0 Å². The molecular weight excluding hydrogens is 196 g/mol. The molecule has 0 radical (unpaired) electrons. The maximum absolute atomic E-state index is 5.33. The van der Waals surface area contributed by atoms with Gasteiger partial charge in [-0.1, -0.05) is 0 Å². The number of nitrogens with one attached hydrogen (secondary N) is 1. The summed E-state index contributed by atoms with van der Waals surface area (Å²) < 4.78 is 5.33. The lowest BCUT2D eigenvalue weighted by molar-refractivity contribution is 0.0214. The number of ether oxygens (including phenoxy) is 1. The van der Waals surface area contributed by atoms with E-state index in [1.165, 1.54) is 0 Å². The number of thiazole rings is 1. The van der Waals surface area contributed by atoms with Crippen molar-refractivity contribution in [1.82, 2.24) is 10.3 Å². The molecule has 1 N–H and O–H groups in total. The van der Waals surface area contributed by atoms with Crippen molar-refractivity contribution in [2.45, 2.75) is 32.4 Å². The fourth-order valence-electron chi connectivity index (χ4n) is 1.01. The van der Waals surface area contributed by atoms with E-state index < -0.39 is 0 Å². The van der Waals surface area contributed by atoms with Crippen LogP contribution in [0.2, 0.25) is 0 Å². The molecule has 0 fully saturated rings. The Kier molecular flexibility index (Phi) is 4.04. The Balaban J connectivity index is 2.39. The molecule has 3 nitrogen and oxygen atoms in total. The van der Waals surface area contributed by atoms with Crippen molar-refractivity contribution in [1.29, 1.82) is 0 Å². The van der Waals surface area contributed by atoms with Gasteiger partial charge in [0, 0.05) is 25.2 Å². The van der Waals surface area contributed by atoms with Crippen LogP contribution in [0, 0.1) is 0 Å². The maximum atomic E-state index is 5.33. The molecule has 4 heteroatoms. The highest BCUT2D eigenvalue weighted by Crippen LogP contribution is 2.16. The Morgan fingerprint density at radius 1 is 1.64 bits per heavy atom. The standard InChI is InChI=1S/C10H18N2OS/c1-8(9-11-5-6-14-9)12-7-10(2,3)13-4/h5-6,8,12H,7H2,1-4H3. The topological polar surface area (TPSA) is 34.1 Å². The summed E-state index contributed by atoms with van der Waals surface area (Å²) in [6, 6.07) is 0.296. The van der Waals surface area contributed by atoms with Crippen molar-refractivity contribution < 1.29 is 4.74 Å². The number of hydrogen-bond acceptors (Lipinski definition) is 4. The van der Waals surface area contributed by atoms with E-state index in [1.807, 2.05) is 11.6 Å². The highest BCUT2D eigenvalue weighted by atomic mass is 32.1. The minimum atomic E-state index is -0.120. The van der Waals surface area contributed by atoms with Crippen LogP contribution in [0.5, 0.6) is 0 Å². The van der Waals surface area contributed by atoms with Gasteiger partial charge < -0.3 is 10.1 Å². The zero-order valence-corrected chi connectivity index (χ0v) is 10.0. The Bertz CT molecular complexity index is 259. The number of rotatable bonds is 5. The van der Waals surface area contributed by atoms with E-state index in [0.717, 1.165) is 11.6 Å². The van der Waals surface area contributed by atoms with Gasteiger partial charge in [0.2, 0.25) is 0 Å². The number of nitrogens with zero attached hydrogens (tertiary/aromatic N) is 1. The summed E-state index contributed by atoms with van der Waals surface area (Å²) in [5, 5.41) is 6.52. The normalized spacial score (nSPS) is 14.3. The lowest BCUT2D eigenvalue weighted by Gasteiger charge is -2.25. The molecule has 1 atom stereocenters. The predicted molar refractivity (Wildman–Crippen MR) is 59.6 cm³/mol. The number of methoxy groups -OCH3 is 1. The van der Waals surface area contributed by atoms with Crippen LogP contribution < -0.4 is 5.32 Å². The molecule has 14 heavy (non-hydrogen) atoms. The van der Waals surface area contributed by atoms with Gasteiger partial charge in [-0.2, -0.15) is 0 Å². The first-order chi connectivity index (χ1) is 6.55. The second-order valence-electron chi connectivity index (χ2n) is 3.94. The Hall–Kier alpha value is -0.450. The zero-order valence-electron chi connectivity index (χ0n) is 9.20. The van der Waals surface area contributed by atoms with E-state index in [9.17, 15) is 0 Å². The molecule has 1 aromatic rings. The molecule has 1 rings (SSSR count). The molecule has 0 amide bonds. The molecule has 80 valence electrons. The summed E-state index contributed by atoms with van der Waals surface area (Å²) >= 11 is 1.67. The first kappa shape index (κ1) is 11.6. The first-order valence-electron chi connectivity index (χ1n) is 4.73. The predicted octanol–water partition coefficient (Wildman–Crippen LogP) is 2.22. The SMILES string of the molecule is COC(C)(C)CNC(C)c1nccs1. The minimum Gasteiger partial charge on any atom is -0.377 e. The molecule has 0 aromatic carbocycles. The Labute approximate surface area is 89.5 Å². The van der Waals surface area contributed by atoms with Gasteiger partial charge in [0.05, 0.1) is 11.6 Å². The molecule has 0 spiro atoms. The minimum absolute atomic E-state index is 0.120. The van der Waals surface area contributed by atoms with Gasteiger partial charge in [-0.3, -0.25) is 0 Å². The van der Waals surface area contributed by atoms with Gasteiger partial charge in [0.25, 0.3) is 0 Å². The largest absolute Gasteiger partial charge is 0.377 e. The first-order valence-corrected chi connectivity index (χ1v) is 5.61. The van der Waals surface area contributed by atoms with Gasteiger partial charge in [-0.05, 0) is 20.8 Å². The van der Waals surface area contributed by atoms with E-state index in [1.54, 1.807) is 18.4 Å². The van der Waals surface area contributed by atoms with Crippen LogP contribution in [-0.4, -0.2) is 24.2 Å². The highest BCUT2D eigenvalue weighted by molar-refractivity contribution is 7.09. The molecular formula is C10H18N2OS. The summed E-state index contributed by atoms with van der Waals surface area (Å²) in [4.78, 5) is 4.26. The van der Waals surface area contributed by atoms with Gasteiger partial charge >= 0.3 is 0 Å². The molecule has 1 aromatic heterocycles. The molecule has 1 unspecified atom stereocenters. The third kappa shape index (κ3) is 3.36. The van der Waals surface area contributed by atoms with Gasteiger partial charge in [0.1, 0.15) is 5.01 Å². The fraction of sp³-hybridized carbons (Fsp3) is 0.700. The number of hydrogen-bond donors (Lipinski definition) is 1. The van der Waals surface area contributed by atoms with Gasteiger partial charge in [-0.15, -0.1) is 11.3 Å². The lowest BCUT2D eigenvalue weighted by Crippen LogP contribution is -2.37. The van der Waals surface area contributed by atoms with Crippen molar-refractivity contribution in [2.24, 2.45) is 0 Å². The van der Waals surface area contributed by atoms with E-state index in [0.29, 0.717) is 6.04 Å². The van der Waals surface area contributed by atoms with Gasteiger partial charge in [-0.25, -0.2) is 4.98 Å². The van der Waals surface area contributed by atoms with Crippen LogP contribution in [0.3, 0.4) is 0 Å². The van der Waals surface area contributed by atoms with E-state index in [-0.39, 0.29) is 5.60 Å². The third-order valence-electron chi connectivity index (χ3n) is 2.21. The molecule has 0 saturated carbocycles. The average molecular weight is 214 g/mol. The van der Waals surface area contributed by atoms with Crippen molar-refractivity contribution in [2.75, 3.05) is 13.7 Å². The summed E-state index contributed by atoms with van der Waals surface area (Å²) in [5.41, 5.74) is -0.120. The number of aromatic nitrogens is 1. The molecule has 0 saturated heterocycles. The molecule has 0 aliphatic heterocycles. The Morgan fingerprint density at radius 2 is 2.36 bits per heavy atom. The third-order valence-corrected chi connectivity index (χ3v) is 3.17. The smallest absolute Gasteiger partial charge is 0.109 e. The van der Waals surface area contributed by atoms with E-state index >= 15 is 0 Å². The second kappa shape index (κ2) is 4.87. The van der Waals surface area contributed by atoms with Crippen LogP contribution in [0.25, 0.3) is 0 Å². The zero-order chi connectivity index (χ0) is 10.6. The monoisotopic (exact) mass is 214 g/mol.